The fraction of sp³-hybridized carbons (Fsp3) is 0.710. The quantitative estimate of drug-likeness (QED) is 0.564. The number of piperidine rings is 2. The Kier molecular flexibility index (Phi) is 6.87. The van der Waals surface area contributed by atoms with Crippen LogP contribution in [0.2, 0.25) is 0 Å². The van der Waals surface area contributed by atoms with Crippen molar-refractivity contribution in [1.29, 1.82) is 0 Å². The van der Waals surface area contributed by atoms with Crippen molar-refractivity contribution in [2.75, 3.05) is 26.2 Å². The van der Waals surface area contributed by atoms with Crippen molar-refractivity contribution >= 4 is 17.7 Å². The van der Waals surface area contributed by atoms with Gasteiger partial charge in [-0.2, -0.15) is 0 Å². The summed E-state index contributed by atoms with van der Waals surface area (Å²) >= 11 is 0. The number of fused-ring (bicyclic) bond motifs is 1. The maximum Gasteiger partial charge on any atom is 0.255 e. The normalized spacial score (nSPS) is 31.5. The molecule has 7 rings (SSSR count). The number of carbonyl (C=O) groups is 3. The first-order valence-corrected chi connectivity index (χ1v) is 15.5. The van der Waals surface area contributed by atoms with Crippen LogP contribution in [0.4, 0.5) is 0 Å². The number of rotatable bonds is 6. The third-order valence-corrected chi connectivity index (χ3v) is 10.7. The van der Waals surface area contributed by atoms with Crippen molar-refractivity contribution in [2.24, 2.45) is 11.8 Å². The first-order valence-electron chi connectivity index (χ1n) is 15.5. The summed E-state index contributed by atoms with van der Waals surface area (Å²) in [6.45, 7) is 5.45. The molecular weight excluding hydrogens is 492 g/mol. The Morgan fingerprint density at radius 3 is 2.36 bits per heavy atom. The summed E-state index contributed by atoms with van der Waals surface area (Å²) in [7, 11) is 0. The fourth-order valence-electron chi connectivity index (χ4n) is 8.06. The predicted molar refractivity (Wildman–Crippen MR) is 146 cm³/mol. The minimum absolute atomic E-state index is 0.133. The number of nitrogens with zero attached hydrogens (tertiary/aromatic N) is 3. The monoisotopic (exact) mass is 534 g/mol. The topological polar surface area (TPSA) is 82.2 Å². The number of likely N-dealkylation sites (tertiary alicyclic amines) is 2. The predicted octanol–water partition coefficient (Wildman–Crippen LogP) is 3.33. The molecule has 1 aromatic carbocycles. The number of nitrogens with one attached hydrogen (secondary N) is 1. The van der Waals surface area contributed by atoms with Crippen LogP contribution in [0.5, 0.6) is 5.75 Å². The lowest BCUT2D eigenvalue weighted by atomic mass is 9.76. The van der Waals surface area contributed by atoms with Crippen LogP contribution in [0.25, 0.3) is 0 Å². The number of imide groups is 1. The second-order valence-corrected chi connectivity index (χ2v) is 12.9. The van der Waals surface area contributed by atoms with Gasteiger partial charge in [-0.25, -0.2) is 0 Å². The number of hydrogen-bond donors (Lipinski definition) is 1. The molecule has 8 heteroatoms. The van der Waals surface area contributed by atoms with Gasteiger partial charge in [0, 0.05) is 43.7 Å². The van der Waals surface area contributed by atoms with Gasteiger partial charge in [0.05, 0.1) is 0 Å². The number of benzene rings is 1. The molecule has 0 spiro atoms. The van der Waals surface area contributed by atoms with Crippen LogP contribution in [0.3, 0.4) is 0 Å². The summed E-state index contributed by atoms with van der Waals surface area (Å²) in [5.41, 5.74) is 1.55. The van der Waals surface area contributed by atoms with E-state index in [1.165, 1.54) is 77.5 Å². The molecule has 2 aliphatic carbocycles. The smallest absolute Gasteiger partial charge is 0.255 e. The highest BCUT2D eigenvalue weighted by molar-refractivity contribution is 6.05. The van der Waals surface area contributed by atoms with E-state index in [-0.39, 0.29) is 30.2 Å². The average molecular weight is 535 g/mol. The first-order chi connectivity index (χ1) is 19.0. The average Bonchev–Trinajstić information content (AvgIpc) is 3.19. The van der Waals surface area contributed by atoms with E-state index in [1.54, 1.807) is 4.90 Å². The fourth-order valence-corrected chi connectivity index (χ4v) is 8.06. The van der Waals surface area contributed by atoms with Gasteiger partial charge >= 0.3 is 0 Å². The van der Waals surface area contributed by atoms with Crippen LogP contribution in [0.1, 0.15) is 86.6 Å². The van der Waals surface area contributed by atoms with Gasteiger partial charge in [0.25, 0.3) is 5.91 Å². The number of ether oxygens (including phenoxy) is 1. The zero-order valence-electron chi connectivity index (χ0n) is 23.0. The van der Waals surface area contributed by atoms with E-state index in [1.807, 2.05) is 18.2 Å². The molecule has 2 saturated carbocycles. The molecule has 39 heavy (non-hydrogen) atoms. The Labute approximate surface area is 231 Å². The van der Waals surface area contributed by atoms with Crippen LogP contribution in [-0.2, 0) is 16.1 Å². The lowest BCUT2D eigenvalue weighted by molar-refractivity contribution is -0.136. The van der Waals surface area contributed by atoms with Crippen molar-refractivity contribution in [3.8, 4) is 5.75 Å². The van der Waals surface area contributed by atoms with Gasteiger partial charge in [-0.05, 0) is 100 Å². The van der Waals surface area contributed by atoms with Crippen molar-refractivity contribution in [3.05, 3.63) is 29.3 Å². The molecule has 4 aliphatic heterocycles. The van der Waals surface area contributed by atoms with Crippen molar-refractivity contribution in [1.82, 2.24) is 20.0 Å². The van der Waals surface area contributed by atoms with Gasteiger partial charge < -0.3 is 14.5 Å². The Balaban J connectivity index is 0.951. The van der Waals surface area contributed by atoms with E-state index in [4.69, 9.17) is 4.74 Å². The van der Waals surface area contributed by atoms with Gasteiger partial charge in [0.15, 0.2) is 0 Å². The maximum atomic E-state index is 13.1. The molecule has 0 radical (unpaired) electrons. The molecule has 210 valence electrons. The van der Waals surface area contributed by atoms with Gasteiger partial charge in [-0.1, -0.05) is 12.8 Å². The first kappa shape index (κ1) is 25.5. The van der Waals surface area contributed by atoms with Crippen molar-refractivity contribution < 1.29 is 19.1 Å². The molecule has 1 N–H and O–H groups in total. The lowest BCUT2D eigenvalue weighted by Crippen LogP contribution is -2.60. The van der Waals surface area contributed by atoms with Crippen LogP contribution in [0.15, 0.2) is 18.2 Å². The van der Waals surface area contributed by atoms with E-state index >= 15 is 0 Å². The largest absolute Gasteiger partial charge is 0.489 e. The van der Waals surface area contributed by atoms with Crippen LogP contribution in [0, 0.1) is 11.8 Å². The molecule has 1 unspecified atom stereocenters. The molecule has 3 amide bonds. The molecule has 4 heterocycles. The third kappa shape index (κ3) is 4.88. The van der Waals surface area contributed by atoms with Crippen LogP contribution >= 0.6 is 0 Å². The lowest BCUT2D eigenvalue weighted by Gasteiger charge is -2.52. The molecule has 5 fully saturated rings. The molecular formula is C31H42N4O4. The molecule has 3 atom stereocenters. The van der Waals surface area contributed by atoms with Crippen molar-refractivity contribution in [3.63, 3.8) is 0 Å². The minimum atomic E-state index is -0.584. The number of hydrogen-bond acceptors (Lipinski definition) is 6. The molecule has 6 aliphatic rings. The van der Waals surface area contributed by atoms with Gasteiger partial charge in [-0.15, -0.1) is 0 Å². The molecule has 1 aromatic rings. The Bertz CT molecular complexity index is 1120. The third-order valence-electron chi connectivity index (χ3n) is 10.7. The summed E-state index contributed by atoms with van der Waals surface area (Å²) in [5.74, 6) is 1.80. The summed E-state index contributed by atoms with van der Waals surface area (Å²) < 4.78 is 6.64. The van der Waals surface area contributed by atoms with Crippen molar-refractivity contribution in [2.45, 2.75) is 101 Å². The molecule has 3 saturated heterocycles. The minimum Gasteiger partial charge on any atom is -0.489 e. The molecule has 0 aromatic heterocycles. The van der Waals surface area contributed by atoms with E-state index < -0.39 is 6.04 Å². The van der Waals surface area contributed by atoms with Gasteiger partial charge in [0.1, 0.15) is 17.9 Å². The van der Waals surface area contributed by atoms with E-state index in [9.17, 15) is 14.4 Å². The van der Waals surface area contributed by atoms with Crippen LogP contribution in [-0.4, -0.2) is 82.8 Å². The zero-order valence-corrected chi connectivity index (χ0v) is 23.0. The summed E-state index contributed by atoms with van der Waals surface area (Å²) in [6.07, 6.45) is 12.6. The second kappa shape index (κ2) is 10.5. The van der Waals surface area contributed by atoms with E-state index in [0.29, 0.717) is 24.6 Å². The highest BCUT2D eigenvalue weighted by Crippen LogP contribution is 2.39. The molecule has 0 bridgehead atoms. The molecule has 8 nitrogen and oxygen atoms in total. The SMILES string of the molecule is O=C1CCC(N2Cc3cc(O[C@H]4CCCC[C@@H]4N4CC(C5CCN(C6CCC6)CC5)C4)ccc3C2=O)C(=O)N1. The number of carbonyl (C=O) groups excluding carboxylic acids is 3. The van der Waals surface area contributed by atoms with Crippen LogP contribution < -0.4 is 10.1 Å². The van der Waals surface area contributed by atoms with Gasteiger partial charge in [0.2, 0.25) is 11.8 Å². The standard InChI is InChI=1S/C31H42N4O4/c36-29-11-10-27(30(37)32-29)35-19-21-16-24(8-9-25(21)31(35)38)39-28-7-2-1-6-26(28)34-17-22(18-34)20-12-14-33(15-13-20)23-4-3-5-23/h8-9,16,20,22-23,26-28H,1-7,10-15,17-19H2,(H,32,36,37)/t26-,27?,28-/m0/s1. The van der Waals surface area contributed by atoms with E-state index in [2.05, 4.69) is 15.1 Å². The highest BCUT2D eigenvalue weighted by atomic mass is 16.5. The zero-order chi connectivity index (χ0) is 26.5. The maximum absolute atomic E-state index is 13.1. The summed E-state index contributed by atoms with van der Waals surface area (Å²) in [4.78, 5) is 44.0. The van der Waals surface area contributed by atoms with E-state index in [0.717, 1.165) is 35.6 Å². The summed E-state index contributed by atoms with van der Waals surface area (Å²) in [5, 5.41) is 2.38. The Hall–Kier alpha value is -2.45. The summed E-state index contributed by atoms with van der Waals surface area (Å²) in [6, 6.07) is 6.55. The van der Waals surface area contributed by atoms with Gasteiger partial charge in [-0.3, -0.25) is 24.6 Å². The Morgan fingerprint density at radius 1 is 0.821 bits per heavy atom. The second-order valence-electron chi connectivity index (χ2n) is 12.9. The highest BCUT2D eigenvalue weighted by Gasteiger charge is 2.43. The Morgan fingerprint density at radius 2 is 1.62 bits per heavy atom. The number of amides is 3.